The topological polar surface area (TPSA) is 99.4 Å². The van der Waals surface area contributed by atoms with Gasteiger partial charge in [0.05, 0.1) is 6.61 Å². The van der Waals surface area contributed by atoms with Crippen LogP contribution in [0.1, 0.15) is 12.0 Å². The largest absolute Gasteiger partial charge is 0.386 e. The molecule has 2 N–H and O–H groups in total. The first-order valence-electron chi connectivity index (χ1n) is 5.86. The third-order valence-corrected chi connectivity index (χ3v) is 4.49. The normalized spacial score (nSPS) is 22.6. The first-order chi connectivity index (χ1) is 9.38. The molecule has 1 aliphatic rings. The van der Waals surface area contributed by atoms with Crippen molar-refractivity contribution in [3.05, 3.63) is 29.6 Å². The smallest absolute Gasteiger partial charge is 0.242 e. The van der Waals surface area contributed by atoms with Crippen LogP contribution >= 0.6 is 0 Å². The van der Waals surface area contributed by atoms with E-state index in [0.717, 1.165) is 12.1 Å². The molecule has 1 aromatic rings. The number of benzene rings is 1. The maximum Gasteiger partial charge on any atom is 0.242 e. The molecule has 1 aliphatic heterocycles. The van der Waals surface area contributed by atoms with Crippen LogP contribution in [0, 0.1) is 17.1 Å². The Kier molecular flexibility index (Phi) is 4.06. The van der Waals surface area contributed by atoms with Crippen molar-refractivity contribution in [2.75, 3.05) is 19.8 Å². The summed E-state index contributed by atoms with van der Waals surface area (Å²) in [6.45, 7) is 0.127. The van der Waals surface area contributed by atoms with Crippen molar-refractivity contribution < 1.29 is 22.7 Å². The molecule has 1 fully saturated rings. The zero-order chi connectivity index (χ0) is 14.8. The van der Waals surface area contributed by atoms with Crippen LogP contribution in [0.5, 0.6) is 0 Å². The average molecular weight is 300 g/mol. The van der Waals surface area contributed by atoms with E-state index < -0.39 is 31.9 Å². The van der Waals surface area contributed by atoms with Crippen LogP contribution in [-0.2, 0) is 14.8 Å². The molecule has 0 spiro atoms. The van der Waals surface area contributed by atoms with Crippen molar-refractivity contribution in [3.8, 4) is 6.07 Å². The van der Waals surface area contributed by atoms with Crippen LogP contribution in [0.2, 0.25) is 0 Å². The average Bonchev–Trinajstić information content (AvgIpc) is 2.84. The number of halogens is 1. The van der Waals surface area contributed by atoms with E-state index in [2.05, 4.69) is 4.72 Å². The van der Waals surface area contributed by atoms with Gasteiger partial charge in [0.1, 0.15) is 27.9 Å². The van der Waals surface area contributed by atoms with Crippen molar-refractivity contribution in [2.24, 2.45) is 0 Å². The van der Waals surface area contributed by atoms with Crippen molar-refractivity contribution in [2.45, 2.75) is 16.9 Å². The molecule has 0 radical (unpaired) electrons. The summed E-state index contributed by atoms with van der Waals surface area (Å²) in [4.78, 5) is -0.442. The molecule has 2 rings (SSSR count). The lowest BCUT2D eigenvalue weighted by molar-refractivity contribution is 0.0314. The summed E-state index contributed by atoms with van der Waals surface area (Å²) in [6.07, 6.45) is 0.309. The quantitative estimate of drug-likeness (QED) is 0.823. The molecular formula is C12H13FN2O4S. The molecule has 1 unspecified atom stereocenters. The summed E-state index contributed by atoms with van der Waals surface area (Å²) < 4.78 is 44.8. The lowest BCUT2D eigenvalue weighted by Crippen LogP contribution is -2.43. The number of nitrogens with one attached hydrogen (secondary N) is 1. The first kappa shape index (κ1) is 14.9. The van der Waals surface area contributed by atoms with Gasteiger partial charge in [-0.25, -0.2) is 17.5 Å². The number of nitrogens with zero attached hydrogens (tertiary/aromatic N) is 1. The predicted octanol–water partition coefficient (Wildman–Crippen LogP) is 0.127. The van der Waals surface area contributed by atoms with Crippen LogP contribution in [0.4, 0.5) is 4.39 Å². The number of nitriles is 1. The molecule has 0 aliphatic carbocycles. The van der Waals surface area contributed by atoms with Gasteiger partial charge in [-0.15, -0.1) is 0 Å². The predicted molar refractivity (Wildman–Crippen MR) is 66.7 cm³/mol. The van der Waals surface area contributed by atoms with Crippen LogP contribution in [-0.4, -0.2) is 38.9 Å². The Bertz CT molecular complexity index is 648. The van der Waals surface area contributed by atoms with Crippen LogP contribution < -0.4 is 4.72 Å². The maximum atomic E-state index is 13.4. The summed E-state index contributed by atoms with van der Waals surface area (Å²) in [5.74, 6) is -0.904. The lowest BCUT2D eigenvalue weighted by Gasteiger charge is -2.20. The standard InChI is InChI=1S/C12H13FN2O4S/c13-10-2-1-3-11(9(10)6-14)20(17,18)15-7-12(16)4-5-19-8-12/h1-3,15-16H,4-5,7-8H2. The Hall–Kier alpha value is -1.53. The fourth-order valence-electron chi connectivity index (χ4n) is 1.88. The van der Waals surface area contributed by atoms with E-state index in [1.54, 1.807) is 0 Å². The van der Waals surface area contributed by atoms with Gasteiger partial charge in [-0.05, 0) is 12.1 Å². The molecule has 8 heteroatoms. The second kappa shape index (κ2) is 5.46. The Morgan fingerprint density at radius 2 is 2.30 bits per heavy atom. The van der Waals surface area contributed by atoms with Crippen molar-refractivity contribution >= 4 is 10.0 Å². The summed E-state index contributed by atoms with van der Waals surface area (Å²) in [7, 11) is -4.08. The van der Waals surface area contributed by atoms with Gasteiger partial charge in [-0.1, -0.05) is 6.07 Å². The molecule has 0 bridgehead atoms. The molecule has 1 saturated heterocycles. The number of aliphatic hydroxyl groups is 1. The monoisotopic (exact) mass is 300 g/mol. The maximum absolute atomic E-state index is 13.4. The van der Waals surface area contributed by atoms with E-state index in [1.165, 1.54) is 12.1 Å². The summed E-state index contributed by atoms with van der Waals surface area (Å²) >= 11 is 0. The van der Waals surface area contributed by atoms with Gasteiger partial charge in [0.25, 0.3) is 0 Å². The van der Waals surface area contributed by atoms with Crippen molar-refractivity contribution in [1.29, 1.82) is 5.26 Å². The van der Waals surface area contributed by atoms with Gasteiger partial charge >= 0.3 is 0 Å². The first-order valence-corrected chi connectivity index (χ1v) is 7.35. The van der Waals surface area contributed by atoms with Gasteiger partial charge in [0, 0.05) is 19.6 Å². The zero-order valence-electron chi connectivity index (χ0n) is 10.5. The number of ether oxygens (including phenoxy) is 1. The Morgan fingerprint density at radius 3 is 2.90 bits per heavy atom. The summed E-state index contributed by atoms with van der Waals surface area (Å²) in [5.41, 5.74) is -1.82. The number of sulfonamides is 1. The molecule has 0 saturated carbocycles. The van der Waals surface area contributed by atoms with E-state index in [0.29, 0.717) is 13.0 Å². The summed E-state index contributed by atoms with van der Waals surface area (Å²) in [6, 6.07) is 4.88. The van der Waals surface area contributed by atoms with E-state index in [9.17, 15) is 17.9 Å². The van der Waals surface area contributed by atoms with Gasteiger partial charge in [-0.2, -0.15) is 5.26 Å². The minimum Gasteiger partial charge on any atom is -0.386 e. The van der Waals surface area contributed by atoms with Crippen molar-refractivity contribution in [1.82, 2.24) is 4.72 Å². The lowest BCUT2D eigenvalue weighted by atomic mass is 10.1. The van der Waals surface area contributed by atoms with Gasteiger partial charge in [0.2, 0.25) is 10.0 Å². The summed E-state index contributed by atoms with van der Waals surface area (Å²) in [5, 5.41) is 18.8. The molecule has 1 aromatic carbocycles. The second-order valence-electron chi connectivity index (χ2n) is 4.58. The number of rotatable bonds is 4. The van der Waals surface area contributed by atoms with E-state index in [4.69, 9.17) is 10.00 Å². The Labute approximate surface area is 115 Å². The number of hydrogen-bond donors (Lipinski definition) is 2. The molecular weight excluding hydrogens is 287 g/mol. The molecule has 20 heavy (non-hydrogen) atoms. The Morgan fingerprint density at radius 1 is 1.55 bits per heavy atom. The highest BCUT2D eigenvalue weighted by atomic mass is 32.2. The fraction of sp³-hybridized carbons (Fsp3) is 0.417. The second-order valence-corrected chi connectivity index (χ2v) is 6.31. The number of hydrogen-bond acceptors (Lipinski definition) is 5. The molecule has 1 atom stereocenters. The molecule has 6 nitrogen and oxygen atoms in total. The SMILES string of the molecule is N#Cc1c(F)cccc1S(=O)(=O)NCC1(O)CCOC1. The highest BCUT2D eigenvalue weighted by Crippen LogP contribution is 2.20. The van der Waals surface area contributed by atoms with Gasteiger partial charge in [0.15, 0.2) is 0 Å². The minimum absolute atomic E-state index is 0.0315. The molecule has 108 valence electrons. The van der Waals surface area contributed by atoms with Crippen LogP contribution in [0.25, 0.3) is 0 Å². The fourth-order valence-corrected chi connectivity index (χ4v) is 3.16. The van der Waals surface area contributed by atoms with Crippen LogP contribution in [0.15, 0.2) is 23.1 Å². The van der Waals surface area contributed by atoms with Gasteiger partial charge < -0.3 is 9.84 Å². The third-order valence-electron chi connectivity index (χ3n) is 3.05. The van der Waals surface area contributed by atoms with Crippen LogP contribution in [0.3, 0.4) is 0 Å². The van der Waals surface area contributed by atoms with Gasteiger partial charge in [-0.3, -0.25) is 0 Å². The van der Waals surface area contributed by atoms with E-state index in [-0.39, 0.29) is 13.2 Å². The molecule has 0 aromatic heterocycles. The highest BCUT2D eigenvalue weighted by Gasteiger charge is 2.34. The molecule has 0 amide bonds. The zero-order valence-corrected chi connectivity index (χ0v) is 11.3. The minimum atomic E-state index is -4.08. The highest BCUT2D eigenvalue weighted by molar-refractivity contribution is 7.89. The van der Waals surface area contributed by atoms with Crippen molar-refractivity contribution in [3.63, 3.8) is 0 Å². The molecule has 1 heterocycles. The van der Waals surface area contributed by atoms with E-state index in [1.807, 2.05) is 0 Å². The third kappa shape index (κ3) is 2.96. The Balaban J connectivity index is 2.23. The van der Waals surface area contributed by atoms with E-state index >= 15 is 0 Å².